The van der Waals surface area contributed by atoms with Crippen LogP contribution in [0, 0.1) is 11.8 Å². The first-order valence-corrected chi connectivity index (χ1v) is 5.66. The molecule has 3 nitrogen and oxygen atoms in total. The zero-order chi connectivity index (χ0) is 10.6. The molecule has 2 N–H and O–H groups in total. The van der Waals surface area contributed by atoms with Gasteiger partial charge in [0.1, 0.15) is 0 Å². The molecule has 3 heteroatoms. The molecule has 0 bridgehead atoms. The van der Waals surface area contributed by atoms with Crippen molar-refractivity contribution in [2.24, 2.45) is 11.8 Å². The fraction of sp³-hybridized carbons (Fsp3) is 0.909. The van der Waals surface area contributed by atoms with Crippen molar-refractivity contribution >= 4 is 5.91 Å². The number of carbonyl (C=O) groups excluding carboxylic acids is 1. The molecule has 1 rings (SSSR count). The van der Waals surface area contributed by atoms with E-state index in [0.29, 0.717) is 12.0 Å². The highest BCUT2D eigenvalue weighted by molar-refractivity contribution is 5.78. The zero-order valence-corrected chi connectivity index (χ0v) is 9.47. The summed E-state index contributed by atoms with van der Waals surface area (Å²) < 4.78 is 0. The summed E-state index contributed by atoms with van der Waals surface area (Å²) in [5, 5.41) is 6.31. The number of rotatable bonds is 5. The lowest BCUT2D eigenvalue weighted by molar-refractivity contribution is -0.125. The van der Waals surface area contributed by atoms with Gasteiger partial charge in [-0.1, -0.05) is 20.3 Å². The first-order chi connectivity index (χ1) is 6.65. The van der Waals surface area contributed by atoms with Crippen LogP contribution in [0.5, 0.6) is 0 Å². The van der Waals surface area contributed by atoms with Crippen LogP contribution < -0.4 is 10.6 Å². The van der Waals surface area contributed by atoms with Gasteiger partial charge in [0.15, 0.2) is 0 Å². The van der Waals surface area contributed by atoms with Crippen molar-refractivity contribution in [2.75, 3.05) is 13.1 Å². The van der Waals surface area contributed by atoms with Crippen molar-refractivity contribution in [2.45, 2.75) is 39.7 Å². The summed E-state index contributed by atoms with van der Waals surface area (Å²) in [4.78, 5) is 11.7. The van der Waals surface area contributed by atoms with Crippen LogP contribution in [0.3, 0.4) is 0 Å². The Labute approximate surface area is 86.6 Å². The fourth-order valence-electron chi connectivity index (χ4n) is 1.71. The van der Waals surface area contributed by atoms with Gasteiger partial charge >= 0.3 is 0 Å². The second kappa shape index (κ2) is 5.35. The van der Waals surface area contributed by atoms with Crippen LogP contribution >= 0.6 is 0 Å². The summed E-state index contributed by atoms with van der Waals surface area (Å²) in [6.07, 6.45) is 2.06. The number of hydrogen-bond donors (Lipinski definition) is 2. The molecule has 0 spiro atoms. The molecule has 0 aliphatic carbocycles. The van der Waals surface area contributed by atoms with Crippen LogP contribution in [-0.4, -0.2) is 25.0 Å². The van der Waals surface area contributed by atoms with Gasteiger partial charge in [0.25, 0.3) is 0 Å². The van der Waals surface area contributed by atoms with E-state index in [2.05, 4.69) is 24.5 Å². The van der Waals surface area contributed by atoms with Crippen LogP contribution in [0.2, 0.25) is 0 Å². The molecule has 2 atom stereocenters. The normalized spacial score (nSPS) is 21.1. The van der Waals surface area contributed by atoms with E-state index in [-0.39, 0.29) is 11.8 Å². The van der Waals surface area contributed by atoms with Gasteiger partial charge in [0.05, 0.1) is 0 Å². The minimum atomic E-state index is 0.162. The van der Waals surface area contributed by atoms with Crippen molar-refractivity contribution in [3.63, 3.8) is 0 Å². The first kappa shape index (κ1) is 11.5. The second-order valence-electron chi connectivity index (χ2n) is 4.41. The molecule has 1 amide bonds. The lowest BCUT2D eigenvalue weighted by Crippen LogP contribution is -2.54. The fourth-order valence-corrected chi connectivity index (χ4v) is 1.71. The maximum Gasteiger partial charge on any atom is 0.223 e. The Hall–Kier alpha value is -0.570. The SMILES string of the molecule is CCCC(C)C(=O)NC(C)C1CNC1. The molecule has 0 aromatic rings. The molecule has 1 heterocycles. The second-order valence-corrected chi connectivity index (χ2v) is 4.41. The van der Waals surface area contributed by atoms with Crippen molar-refractivity contribution in [3.05, 3.63) is 0 Å². The topological polar surface area (TPSA) is 41.1 Å². The van der Waals surface area contributed by atoms with Gasteiger partial charge in [-0.15, -0.1) is 0 Å². The molecule has 2 unspecified atom stereocenters. The first-order valence-electron chi connectivity index (χ1n) is 5.66. The molecule has 0 aromatic carbocycles. The summed E-state index contributed by atoms with van der Waals surface area (Å²) >= 11 is 0. The quantitative estimate of drug-likeness (QED) is 0.695. The van der Waals surface area contributed by atoms with Gasteiger partial charge in [0.2, 0.25) is 5.91 Å². The van der Waals surface area contributed by atoms with E-state index in [1.54, 1.807) is 0 Å². The van der Waals surface area contributed by atoms with Crippen LogP contribution in [0.15, 0.2) is 0 Å². The monoisotopic (exact) mass is 198 g/mol. The molecule has 0 saturated carbocycles. The van der Waals surface area contributed by atoms with Crippen LogP contribution in [-0.2, 0) is 4.79 Å². The van der Waals surface area contributed by atoms with Crippen LogP contribution in [0.25, 0.3) is 0 Å². The molecular weight excluding hydrogens is 176 g/mol. The molecule has 1 fully saturated rings. The molecular formula is C11H22N2O. The van der Waals surface area contributed by atoms with Gasteiger partial charge in [-0.3, -0.25) is 4.79 Å². The summed E-state index contributed by atoms with van der Waals surface area (Å²) in [5.41, 5.74) is 0. The van der Waals surface area contributed by atoms with Crippen LogP contribution in [0.4, 0.5) is 0 Å². The van der Waals surface area contributed by atoms with Crippen molar-refractivity contribution < 1.29 is 4.79 Å². The Morgan fingerprint density at radius 1 is 1.50 bits per heavy atom. The molecule has 1 aliphatic heterocycles. The largest absolute Gasteiger partial charge is 0.353 e. The predicted octanol–water partition coefficient (Wildman–Crippen LogP) is 1.15. The number of hydrogen-bond acceptors (Lipinski definition) is 2. The highest BCUT2D eigenvalue weighted by atomic mass is 16.1. The van der Waals surface area contributed by atoms with E-state index in [0.717, 1.165) is 25.9 Å². The smallest absolute Gasteiger partial charge is 0.223 e. The van der Waals surface area contributed by atoms with Gasteiger partial charge in [-0.05, 0) is 13.3 Å². The average molecular weight is 198 g/mol. The standard InChI is InChI=1S/C11H22N2O/c1-4-5-8(2)11(14)13-9(3)10-6-12-7-10/h8-10,12H,4-7H2,1-3H3,(H,13,14). The summed E-state index contributed by atoms with van der Waals surface area (Å²) in [6, 6.07) is 0.322. The third-order valence-corrected chi connectivity index (χ3v) is 3.06. The Bertz CT molecular complexity index is 190. The number of nitrogens with one attached hydrogen (secondary N) is 2. The van der Waals surface area contributed by atoms with E-state index in [9.17, 15) is 4.79 Å². The van der Waals surface area contributed by atoms with Gasteiger partial charge in [-0.25, -0.2) is 0 Å². The number of amides is 1. The molecule has 82 valence electrons. The van der Waals surface area contributed by atoms with Gasteiger partial charge in [0, 0.05) is 31.0 Å². The van der Waals surface area contributed by atoms with E-state index in [1.165, 1.54) is 0 Å². The number of carbonyl (C=O) groups is 1. The summed E-state index contributed by atoms with van der Waals surface area (Å²) in [7, 11) is 0. The zero-order valence-electron chi connectivity index (χ0n) is 9.47. The van der Waals surface area contributed by atoms with Crippen molar-refractivity contribution in [3.8, 4) is 0 Å². The average Bonchev–Trinajstić information content (AvgIpc) is 2.00. The third-order valence-electron chi connectivity index (χ3n) is 3.06. The van der Waals surface area contributed by atoms with Gasteiger partial charge < -0.3 is 10.6 Å². The van der Waals surface area contributed by atoms with Crippen molar-refractivity contribution in [1.29, 1.82) is 0 Å². The minimum Gasteiger partial charge on any atom is -0.353 e. The third kappa shape index (κ3) is 2.98. The lowest BCUT2D eigenvalue weighted by Gasteiger charge is -2.33. The van der Waals surface area contributed by atoms with E-state index < -0.39 is 0 Å². The maximum atomic E-state index is 11.7. The molecule has 14 heavy (non-hydrogen) atoms. The minimum absolute atomic E-state index is 0.162. The summed E-state index contributed by atoms with van der Waals surface area (Å²) in [6.45, 7) is 8.31. The maximum absolute atomic E-state index is 11.7. The Balaban J connectivity index is 2.24. The molecule has 1 aliphatic rings. The summed E-state index contributed by atoms with van der Waals surface area (Å²) in [5.74, 6) is 1.01. The van der Waals surface area contributed by atoms with Gasteiger partial charge in [-0.2, -0.15) is 0 Å². The highest BCUT2D eigenvalue weighted by Crippen LogP contribution is 2.11. The molecule has 0 radical (unpaired) electrons. The predicted molar refractivity (Wildman–Crippen MR) is 58.0 cm³/mol. The molecule has 1 saturated heterocycles. The Kier molecular flexibility index (Phi) is 4.39. The molecule has 0 aromatic heterocycles. The van der Waals surface area contributed by atoms with Crippen molar-refractivity contribution in [1.82, 2.24) is 10.6 Å². The van der Waals surface area contributed by atoms with E-state index in [1.807, 2.05) is 6.92 Å². The van der Waals surface area contributed by atoms with E-state index in [4.69, 9.17) is 0 Å². The Morgan fingerprint density at radius 3 is 2.57 bits per heavy atom. The Morgan fingerprint density at radius 2 is 2.14 bits per heavy atom. The van der Waals surface area contributed by atoms with Crippen LogP contribution in [0.1, 0.15) is 33.6 Å². The highest BCUT2D eigenvalue weighted by Gasteiger charge is 2.25. The van der Waals surface area contributed by atoms with E-state index >= 15 is 0 Å². The lowest BCUT2D eigenvalue weighted by atomic mass is 9.94.